The number of anilines is 1. The zero-order chi connectivity index (χ0) is 17.0. The predicted octanol–water partition coefficient (Wildman–Crippen LogP) is 2.57. The van der Waals surface area contributed by atoms with Crippen molar-refractivity contribution >= 4 is 21.6 Å². The van der Waals surface area contributed by atoms with Gasteiger partial charge in [-0.05, 0) is 24.6 Å². The maximum Gasteiger partial charge on any atom is 0.253 e. The molecule has 2 rings (SSSR count). The van der Waals surface area contributed by atoms with E-state index in [9.17, 15) is 13.2 Å². The lowest BCUT2D eigenvalue weighted by atomic mass is 10.1. The summed E-state index contributed by atoms with van der Waals surface area (Å²) in [7, 11) is -2.01. The zero-order valence-electron chi connectivity index (χ0n) is 13.4. The van der Waals surface area contributed by atoms with Crippen LogP contribution in [0.15, 0.2) is 54.6 Å². The summed E-state index contributed by atoms with van der Waals surface area (Å²) in [6, 6.07) is 16.0. The Labute approximate surface area is 137 Å². The lowest BCUT2D eigenvalue weighted by Crippen LogP contribution is -2.31. The zero-order valence-corrected chi connectivity index (χ0v) is 14.2. The number of hydrogen-bond donors (Lipinski definition) is 1. The Morgan fingerprint density at radius 2 is 1.61 bits per heavy atom. The first-order valence-corrected chi connectivity index (χ1v) is 9.04. The van der Waals surface area contributed by atoms with Crippen LogP contribution >= 0.6 is 0 Å². The van der Waals surface area contributed by atoms with Gasteiger partial charge in [-0.25, -0.2) is 8.42 Å². The first-order valence-electron chi connectivity index (χ1n) is 7.19. The summed E-state index contributed by atoms with van der Waals surface area (Å²) in [4.78, 5) is 12.5. The van der Waals surface area contributed by atoms with Crippen LogP contribution in [0.25, 0.3) is 0 Å². The number of para-hydroxylation sites is 1. The van der Waals surface area contributed by atoms with Crippen molar-refractivity contribution in [3.05, 3.63) is 65.7 Å². The molecule has 0 radical (unpaired) electrons. The smallest absolute Gasteiger partial charge is 0.253 e. The molecule has 23 heavy (non-hydrogen) atoms. The lowest BCUT2D eigenvalue weighted by molar-refractivity contribution is 0.0940. The molecule has 0 bridgehead atoms. The molecule has 122 valence electrons. The number of carbonyl (C=O) groups excluding carboxylic acids is 1. The Hall–Kier alpha value is -2.34. The second-order valence-corrected chi connectivity index (χ2v) is 7.37. The predicted molar refractivity (Wildman–Crippen MR) is 92.0 cm³/mol. The van der Waals surface area contributed by atoms with Gasteiger partial charge in [0.05, 0.1) is 23.5 Å². The van der Waals surface area contributed by atoms with E-state index >= 15 is 0 Å². The van der Waals surface area contributed by atoms with Crippen LogP contribution in [0.3, 0.4) is 0 Å². The van der Waals surface area contributed by atoms with Crippen molar-refractivity contribution in [2.45, 2.75) is 13.0 Å². The van der Waals surface area contributed by atoms with E-state index in [1.165, 1.54) is 7.05 Å². The highest BCUT2D eigenvalue weighted by atomic mass is 32.2. The van der Waals surface area contributed by atoms with Crippen LogP contribution in [0.4, 0.5) is 5.69 Å². The first kappa shape index (κ1) is 17.0. The Bertz CT molecular complexity index is 788. The van der Waals surface area contributed by atoms with Gasteiger partial charge in [-0.2, -0.15) is 0 Å². The summed E-state index contributed by atoms with van der Waals surface area (Å²) < 4.78 is 24.6. The summed E-state index contributed by atoms with van der Waals surface area (Å²) in [5.41, 5.74) is 1.66. The van der Waals surface area contributed by atoms with Gasteiger partial charge >= 0.3 is 0 Å². The molecule has 5 nitrogen and oxygen atoms in total. The lowest BCUT2D eigenvalue weighted by Gasteiger charge is -2.21. The number of carbonyl (C=O) groups is 1. The molecule has 0 spiro atoms. The van der Waals surface area contributed by atoms with E-state index in [2.05, 4.69) is 5.32 Å². The maximum atomic E-state index is 12.5. The summed E-state index contributed by atoms with van der Waals surface area (Å²) in [5.74, 6) is -0.313. The summed E-state index contributed by atoms with van der Waals surface area (Å²) in [5, 5.41) is 2.90. The van der Waals surface area contributed by atoms with Crippen molar-refractivity contribution in [3.8, 4) is 0 Å². The highest BCUT2D eigenvalue weighted by Gasteiger charge is 2.20. The second kappa shape index (κ2) is 6.83. The molecule has 0 heterocycles. The van der Waals surface area contributed by atoms with Crippen LogP contribution in [0, 0.1) is 0 Å². The number of sulfonamides is 1. The molecule has 2 aromatic carbocycles. The van der Waals surface area contributed by atoms with E-state index in [1.807, 2.05) is 37.3 Å². The minimum absolute atomic E-state index is 0.180. The van der Waals surface area contributed by atoms with Gasteiger partial charge in [0.1, 0.15) is 0 Å². The van der Waals surface area contributed by atoms with E-state index in [-0.39, 0.29) is 11.9 Å². The van der Waals surface area contributed by atoms with Gasteiger partial charge in [0.2, 0.25) is 10.0 Å². The molecule has 1 atom stereocenters. The number of rotatable bonds is 5. The van der Waals surface area contributed by atoms with E-state index in [0.717, 1.165) is 16.1 Å². The maximum absolute atomic E-state index is 12.5. The molecule has 1 unspecified atom stereocenters. The number of hydrogen-bond acceptors (Lipinski definition) is 3. The van der Waals surface area contributed by atoms with Gasteiger partial charge in [-0.1, -0.05) is 42.5 Å². The van der Waals surface area contributed by atoms with Crippen molar-refractivity contribution in [3.63, 3.8) is 0 Å². The fourth-order valence-corrected chi connectivity index (χ4v) is 2.73. The molecule has 0 saturated heterocycles. The SMILES string of the molecule is CC(NC(=O)c1ccccc1N(C)S(C)(=O)=O)c1ccccc1. The Morgan fingerprint density at radius 1 is 1.04 bits per heavy atom. The molecule has 0 aromatic heterocycles. The van der Waals surface area contributed by atoms with Crippen LogP contribution in [0.1, 0.15) is 28.9 Å². The molecule has 0 fully saturated rings. The normalized spacial score (nSPS) is 12.5. The van der Waals surface area contributed by atoms with Crippen molar-refractivity contribution < 1.29 is 13.2 Å². The number of nitrogens with one attached hydrogen (secondary N) is 1. The summed E-state index contributed by atoms with van der Waals surface area (Å²) >= 11 is 0. The molecular weight excluding hydrogens is 312 g/mol. The molecule has 1 amide bonds. The van der Waals surface area contributed by atoms with Gasteiger partial charge in [0.15, 0.2) is 0 Å². The van der Waals surface area contributed by atoms with Gasteiger partial charge in [-0.15, -0.1) is 0 Å². The quantitative estimate of drug-likeness (QED) is 0.915. The van der Waals surface area contributed by atoms with Crippen LogP contribution in [-0.4, -0.2) is 27.6 Å². The topological polar surface area (TPSA) is 66.5 Å². The third-order valence-corrected chi connectivity index (χ3v) is 4.82. The summed E-state index contributed by atoms with van der Waals surface area (Å²) in [6.07, 6.45) is 1.11. The fourth-order valence-electron chi connectivity index (χ4n) is 2.22. The van der Waals surface area contributed by atoms with Gasteiger partial charge in [0.25, 0.3) is 5.91 Å². The van der Waals surface area contributed by atoms with Gasteiger partial charge in [-0.3, -0.25) is 9.10 Å². The fraction of sp³-hybridized carbons (Fsp3) is 0.235. The molecular formula is C17H20N2O3S. The van der Waals surface area contributed by atoms with Gasteiger partial charge < -0.3 is 5.32 Å². The van der Waals surface area contributed by atoms with E-state index < -0.39 is 10.0 Å². The van der Waals surface area contributed by atoms with Crippen LogP contribution in [0.2, 0.25) is 0 Å². The largest absolute Gasteiger partial charge is 0.345 e. The average Bonchev–Trinajstić information content (AvgIpc) is 2.54. The molecule has 2 aromatic rings. The summed E-state index contributed by atoms with van der Waals surface area (Å²) in [6.45, 7) is 1.89. The Morgan fingerprint density at radius 3 is 2.22 bits per heavy atom. The highest BCUT2D eigenvalue weighted by Crippen LogP contribution is 2.22. The third kappa shape index (κ3) is 4.10. The van der Waals surface area contributed by atoms with E-state index in [4.69, 9.17) is 0 Å². The monoisotopic (exact) mass is 332 g/mol. The minimum Gasteiger partial charge on any atom is -0.345 e. The van der Waals surface area contributed by atoms with E-state index in [0.29, 0.717) is 11.3 Å². The van der Waals surface area contributed by atoms with E-state index in [1.54, 1.807) is 24.3 Å². The second-order valence-electron chi connectivity index (χ2n) is 5.35. The molecule has 0 aliphatic heterocycles. The molecule has 0 aliphatic carbocycles. The Kier molecular flexibility index (Phi) is 5.05. The first-order chi connectivity index (χ1) is 10.8. The number of benzene rings is 2. The third-order valence-electron chi connectivity index (χ3n) is 3.63. The number of amides is 1. The van der Waals surface area contributed by atoms with Crippen molar-refractivity contribution in [1.29, 1.82) is 0 Å². The molecule has 6 heteroatoms. The highest BCUT2D eigenvalue weighted by molar-refractivity contribution is 7.92. The van der Waals surface area contributed by atoms with Gasteiger partial charge in [0, 0.05) is 7.05 Å². The molecule has 1 N–H and O–H groups in total. The van der Waals surface area contributed by atoms with Crippen molar-refractivity contribution in [2.75, 3.05) is 17.6 Å². The molecule has 0 saturated carbocycles. The van der Waals surface area contributed by atoms with Crippen LogP contribution < -0.4 is 9.62 Å². The van der Waals surface area contributed by atoms with Crippen molar-refractivity contribution in [1.82, 2.24) is 5.32 Å². The average molecular weight is 332 g/mol. The minimum atomic E-state index is -3.44. The Balaban J connectivity index is 2.27. The van der Waals surface area contributed by atoms with Crippen molar-refractivity contribution in [2.24, 2.45) is 0 Å². The van der Waals surface area contributed by atoms with Crippen LogP contribution in [0.5, 0.6) is 0 Å². The number of nitrogens with zero attached hydrogens (tertiary/aromatic N) is 1. The standard InChI is InChI=1S/C17H20N2O3S/c1-13(14-9-5-4-6-10-14)18-17(20)15-11-7-8-12-16(15)19(2)23(3,21)22/h4-13H,1-3H3,(H,18,20). The van der Waals surface area contributed by atoms with Crippen LogP contribution in [-0.2, 0) is 10.0 Å². The molecule has 0 aliphatic rings.